The van der Waals surface area contributed by atoms with Gasteiger partial charge in [-0.05, 0) is 25.0 Å². The van der Waals surface area contributed by atoms with Crippen LogP contribution in [0.1, 0.15) is 42.3 Å². The topological polar surface area (TPSA) is 91.0 Å². The number of allylic oxidation sites excluding steroid dienone is 2. The van der Waals surface area contributed by atoms with Gasteiger partial charge in [-0.2, -0.15) is 0 Å². The molecular weight excluding hydrogens is 418 g/mol. The van der Waals surface area contributed by atoms with Crippen molar-refractivity contribution in [2.45, 2.75) is 26.4 Å². The largest absolute Gasteiger partial charge is 0.443 e. The van der Waals surface area contributed by atoms with E-state index in [1.165, 1.54) is 0 Å². The molecule has 0 saturated heterocycles. The van der Waals surface area contributed by atoms with Crippen molar-refractivity contribution in [3.05, 3.63) is 101 Å². The maximum absolute atomic E-state index is 12.6. The summed E-state index contributed by atoms with van der Waals surface area (Å²) in [5.74, 6) is 0.975. The van der Waals surface area contributed by atoms with Gasteiger partial charge in [-0.3, -0.25) is 4.79 Å². The molecule has 2 aromatic carbocycles. The van der Waals surface area contributed by atoms with Gasteiger partial charge in [0.1, 0.15) is 12.1 Å². The summed E-state index contributed by atoms with van der Waals surface area (Å²) in [5, 5.41) is 8.47. The average Bonchev–Trinajstić information content (AvgIpc) is 3.25. The maximum atomic E-state index is 12.6. The molecule has 1 aliphatic rings. The number of aromatic nitrogens is 4. The summed E-state index contributed by atoms with van der Waals surface area (Å²) < 4.78 is 7.51. The fourth-order valence-electron chi connectivity index (χ4n) is 4.01. The van der Waals surface area contributed by atoms with E-state index < -0.39 is 0 Å². The number of carbonyl (C=O) groups excluding carboxylic acids is 1. The normalized spacial score (nSPS) is 15.5. The summed E-state index contributed by atoms with van der Waals surface area (Å²) in [5.41, 5.74) is 3.73. The van der Waals surface area contributed by atoms with Crippen LogP contribution in [0.25, 0.3) is 5.65 Å². The molecule has 0 spiro atoms. The van der Waals surface area contributed by atoms with Crippen molar-refractivity contribution in [1.29, 1.82) is 0 Å². The van der Waals surface area contributed by atoms with Crippen LogP contribution in [0.5, 0.6) is 5.88 Å². The van der Waals surface area contributed by atoms with E-state index in [-0.39, 0.29) is 18.3 Å². The van der Waals surface area contributed by atoms with Crippen molar-refractivity contribution >= 4 is 17.6 Å². The summed E-state index contributed by atoms with van der Waals surface area (Å²) in [4.78, 5) is 27.1. The average molecular weight is 439 g/mol. The second-order valence-corrected chi connectivity index (χ2v) is 7.65. The standard InChI is InChI=1S/C25H21N5O3/c1-16(31)21-17(2)33-25-23(22(21)19-11-7-4-8-12-19)24-28-20(29-30(24)15-26-25)14-32-27-13-18-9-5-3-6-10-18/h3-13,15,22H,14H2,1-2H3/b27-13-/t22-/m0/s1. The van der Waals surface area contributed by atoms with Gasteiger partial charge in [0, 0.05) is 11.5 Å². The van der Waals surface area contributed by atoms with E-state index in [0.717, 1.165) is 11.1 Å². The van der Waals surface area contributed by atoms with Crippen molar-refractivity contribution in [1.82, 2.24) is 19.6 Å². The van der Waals surface area contributed by atoms with Gasteiger partial charge in [0.15, 0.2) is 23.9 Å². The summed E-state index contributed by atoms with van der Waals surface area (Å²) in [7, 11) is 0. The molecule has 0 N–H and O–H groups in total. The Morgan fingerprint density at radius 3 is 2.61 bits per heavy atom. The van der Waals surface area contributed by atoms with E-state index in [1.807, 2.05) is 60.7 Å². The number of hydrogen-bond acceptors (Lipinski definition) is 7. The molecule has 0 amide bonds. The minimum Gasteiger partial charge on any atom is -0.443 e. The van der Waals surface area contributed by atoms with Crippen LogP contribution in [0.15, 0.2) is 83.5 Å². The Morgan fingerprint density at radius 1 is 1.15 bits per heavy atom. The molecule has 0 radical (unpaired) electrons. The lowest BCUT2D eigenvalue weighted by molar-refractivity contribution is -0.114. The third kappa shape index (κ3) is 3.98. The molecule has 0 saturated carbocycles. The van der Waals surface area contributed by atoms with Gasteiger partial charge in [0.2, 0.25) is 5.88 Å². The van der Waals surface area contributed by atoms with E-state index in [2.05, 4.69) is 20.2 Å². The van der Waals surface area contributed by atoms with Gasteiger partial charge in [-0.15, -0.1) is 5.10 Å². The van der Waals surface area contributed by atoms with Gasteiger partial charge >= 0.3 is 0 Å². The van der Waals surface area contributed by atoms with Gasteiger partial charge < -0.3 is 9.57 Å². The van der Waals surface area contributed by atoms with E-state index in [4.69, 9.17) is 9.57 Å². The molecule has 4 aromatic rings. The zero-order valence-electron chi connectivity index (χ0n) is 18.2. The highest BCUT2D eigenvalue weighted by molar-refractivity contribution is 5.97. The highest BCUT2D eigenvalue weighted by Crippen LogP contribution is 2.43. The number of benzene rings is 2. The number of hydrogen-bond donors (Lipinski definition) is 0. The lowest BCUT2D eigenvalue weighted by atomic mass is 9.82. The third-order valence-corrected chi connectivity index (χ3v) is 5.42. The maximum Gasteiger partial charge on any atom is 0.228 e. The van der Waals surface area contributed by atoms with E-state index in [0.29, 0.717) is 34.2 Å². The first kappa shape index (κ1) is 20.6. The number of Topliss-reactive ketones (excluding diaryl/α,β-unsaturated/α-hetero) is 1. The predicted octanol–water partition coefficient (Wildman–Crippen LogP) is 4.06. The lowest BCUT2D eigenvalue weighted by Crippen LogP contribution is -2.22. The molecule has 1 atom stereocenters. The molecule has 5 rings (SSSR count). The summed E-state index contributed by atoms with van der Waals surface area (Å²) in [6.07, 6.45) is 3.18. The molecule has 33 heavy (non-hydrogen) atoms. The molecule has 8 heteroatoms. The highest BCUT2D eigenvalue weighted by atomic mass is 16.6. The molecule has 0 fully saturated rings. The Hall–Kier alpha value is -4.33. The third-order valence-electron chi connectivity index (χ3n) is 5.42. The lowest BCUT2D eigenvalue weighted by Gasteiger charge is -2.28. The Morgan fingerprint density at radius 2 is 1.88 bits per heavy atom. The fraction of sp³-hybridized carbons (Fsp3) is 0.160. The number of ether oxygens (including phenoxy) is 1. The summed E-state index contributed by atoms with van der Waals surface area (Å²) in [6.45, 7) is 3.42. The first-order valence-electron chi connectivity index (χ1n) is 10.5. The number of oxime groups is 1. The van der Waals surface area contributed by atoms with Crippen LogP contribution in [0, 0.1) is 0 Å². The van der Waals surface area contributed by atoms with Crippen molar-refractivity contribution in [3.63, 3.8) is 0 Å². The van der Waals surface area contributed by atoms with Crippen LogP contribution < -0.4 is 4.74 Å². The second kappa shape index (κ2) is 8.66. The Bertz CT molecular complexity index is 1380. The predicted molar refractivity (Wildman–Crippen MR) is 122 cm³/mol. The number of nitrogens with zero attached hydrogens (tertiary/aromatic N) is 5. The monoisotopic (exact) mass is 439 g/mol. The van der Waals surface area contributed by atoms with Gasteiger partial charge in [-0.1, -0.05) is 65.8 Å². The first-order chi connectivity index (χ1) is 16.1. The van der Waals surface area contributed by atoms with Crippen LogP contribution in [0.2, 0.25) is 0 Å². The summed E-state index contributed by atoms with van der Waals surface area (Å²) >= 11 is 0. The quantitative estimate of drug-likeness (QED) is 0.332. The molecule has 0 bridgehead atoms. The van der Waals surface area contributed by atoms with Crippen molar-refractivity contribution in [3.8, 4) is 5.88 Å². The van der Waals surface area contributed by atoms with E-state index >= 15 is 0 Å². The van der Waals surface area contributed by atoms with Crippen LogP contribution >= 0.6 is 0 Å². The number of ketones is 1. The molecule has 3 heterocycles. The van der Waals surface area contributed by atoms with Crippen molar-refractivity contribution in [2.24, 2.45) is 5.16 Å². The molecule has 0 unspecified atom stereocenters. The van der Waals surface area contributed by atoms with Crippen LogP contribution in [-0.2, 0) is 16.2 Å². The SMILES string of the molecule is CC(=O)C1=C(C)Oc2ncn3nc(CO/N=C\c4ccccc4)nc3c2[C@H]1c1ccccc1. The fourth-order valence-corrected chi connectivity index (χ4v) is 4.01. The molecule has 2 aromatic heterocycles. The molecule has 0 aliphatic carbocycles. The second-order valence-electron chi connectivity index (χ2n) is 7.65. The van der Waals surface area contributed by atoms with Gasteiger partial charge in [0.05, 0.1) is 11.8 Å². The summed E-state index contributed by atoms with van der Waals surface area (Å²) in [6, 6.07) is 19.5. The van der Waals surface area contributed by atoms with E-state index in [9.17, 15) is 4.79 Å². The van der Waals surface area contributed by atoms with Crippen molar-refractivity contribution < 1.29 is 14.4 Å². The first-order valence-corrected chi connectivity index (χ1v) is 10.5. The Kier molecular flexibility index (Phi) is 5.40. The van der Waals surface area contributed by atoms with Crippen LogP contribution in [0.4, 0.5) is 0 Å². The van der Waals surface area contributed by atoms with Gasteiger partial charge in [-0.25, -0.2) is 14.5 Å². The minimum absolute atomic E-state index is 0.0627. The molecular formula is C25H21N5O3. The van der Waals surface area contributed by atoms with Gasteiger partial charge in [0.25, 0.3) is 0 Å². The zero-order chi connectivity index (χ0) is 22.8. The molecule has 164 valence electrons. The Balaban J connectivity index is 1.51. The van der Waals surface area contributed by atoms with Crippen molar-refractivity contribution in [2.75, 3.05) is 0 Å². The van der Waals surface area contributed by atoms with Crippen LogP contribution in [0.3, 0.4) is 0 Å². The Labute approximate surface area is 190 Å². The smallest absolute Gasteiger partial charge is 0.228 e. The van der Waals surface area contributed by atoms with E-state index in [1.54, 1.807) is 30.9 Å². The number of rotatable bonds is 6. The van der Waals surface area contributed by atoms with Crippen LogP contribution in [-0.4, -0.2) is 31.6 Å². The molecule has 8 nitrogen and oxygen atoms in total. The number of carbonyl (C=O) groups is 1. The zero-order valence-corrected chi connectivity index (χ0v) is 18.2. The highest BCUT2D eigenvalue weighted by Gasteiger charge is 2.35. The number of fused-ring (bicyclic) bond motifs is 3. The minimum atomic E-state index is -0.363. The molecule has 1 aliphatic heterocycles.